The van der Waals surface area contributed by atoms with Gasteiger partial charge in [-0.3, -0.25) is 0 Å². The maximum absolute atomic E-state index is 5.72. The van der Waals surface area contributed by atoms with Crippen LogP contribution in [0.4, 0.5) is 5.69 Å². The van der Waals surface area contributed by atoms with Gasteiger partial charge in [-0.2, -0.15) is 0 Å². The van der Waals surface area contributed by atoms with Gasteiger partial charge < -0.3 is 4.90 Å². The molecule has 0 spiro atoms. The molecule has 1 aliphatic rings. The summed E-state index contributed by atoms with van der Waals surface area (Å²) in [6, 6.07) is 6.20. The molecule has 0 aliphatic carbocycles. The molecule has 1 aliphatic heterocycles. The first-order chi connectivity index (χ1) is 5.81. The molecule has 0 saturated carbocycles. The lowest BCUT2D eigenvalue weighted by molar-refractivity contribution is 0.868. The Balaban J connectivity index is 2.42. The zero-order valence-corrected chi connectivity index (χ0v) is 7.38. The summed E-state index contributed by atoms with van der Waals surface area (Å²) in [7, 11) is 5.72. The molecule has 1 aromatic rings. The lowest BCUT2D eigenvalue weighted by atomic mass is 9.94. The molecular weight excluding hydrogens is 145 g/mol. The van der Waals surface area contributed by atoms with Gasteiger partial charge in [0, 0.05) is 18.8 Å². The highest BCUT2D eigenvalue weighted by Crippen LogP contribution is 2.25. The van der Waals surface area contributed by atoms with Crippen molar-refractivity contribution in [1.82, 2.24) is 0 Å². The first kappa shape index (κ1) is 7.72. The van der Waals surface area contributed by atoms with Crippen LogP contribution >= 0.6 is 0 Å². The predicted octanol–water partition coefficient (Wildman–Crippen LogP) is 0.863. The zero-order valence-electron chi connectivity index (χ0n) is 7.38. The van der Waals surface area contributed by atoms with Crippen LogP contribution in [0.25, 0.3) is 0 Å². The summed E-state index contributed by atoms with van der Waals surface area (Å²) in [4.78, 5) is 2.37. The summed E-state index contributed by atoms with van der Waals surface area (Å²) in [6.45, 7) is 4.41. The molecule has 2 heteroatoms. The predicted molar refractivity (Wildman–Crippen MR) is 53.4 cm³/mol. The van der Waals surface area contributed by atoms with Gasteiger partial charge in [-0.1, -0.05) is 17.6 Å². The van der Waals surface area contributed by atoms with E-state index >= 15 is 0 Å². The molecule has 0 aromatic heterocycles. The minimum Gasteiger partial charge on any atom is -0.371 e. The van der Waals surface area contributed by atoms with Crippen LogP contribution in [0, 0.1) is 0 Å². The smallest absolute Gasteiger partial charge is 0.113 e. The van der Waals surface area contributed by atoms with Crippen LogP contribution in [0.5, 0.6) is 0 Å². The van der Waals surface area contributed by atoms with Crippen LogP contribution in [-0.2, 0) is 6.42 Å². The second kappa shape index (κ2) is 2.85. The summed E-state index contributed by atoms with van der Waals surface area (Å²) >= 11 is 0. The SMILES string of the molecule is [B]c1ccc2c(c1)N(CC)CC2. The molecular formula is C10H12BN. The number of anilines is 1. The highest BCUT2D eigenvalue weighted by Gasteiger charge is 2.16. The lowest BCUT2D eigenvalue weighted by Gasteiger charge is -2.16. The van der Waals surface area contributed by atoms with Crippen molar-refractivity contribution in [2.75, 3.05) is 18.0 Å². The summed E-state index contributed by atoms with van der Waals surface area (Å²) in [5.41, 5.74) is 3.64. The van der Waals surface area contributed by atoms with Crippen LogP contribution in [-0.4, -0.2) is 20.9 Å². The molecule has 1 heterocycles. The van der Waals surface area contributed by atoms with Crippen LogP contribution in [0.3, 0.4) is 0 Å². The first-order valence-electron chi connectivity index (χ1n) is 4.44. The molecule has 0 N–H and O–H groups in total. The molecule has 0 bridgehead atoms. The van der Waals surface area contributed by atoms with Crippen molar-refractivity contribution >= 4 is 19.0 Å². The third-order valence-electron chi connectivity index (χ3n) is 2.48. The fourth-order valence-electron chi connectivity index (χ4n) is 1.79. The van der Waals surface area contributed by atoms with E-state index < -0.39 is 0 Å². The lowest BCUT2D eigenvalue weighted by Crippen LogP contribution is -2.20. The van der Waals surface area contributed by atoms with E-state index in [0.29, 0.717) is 0 Å². The van der Waals surface area contributed by atoms with Crippen LogP contribution in [0.1, 0.15) is 12.5 Å². The molecule has 0 fully saturated rings. The Hall–Kier alpha value is -0.915. The van der Waals surface area contributed by atoms with Gasteiger partial charge in [0.2, 0.25) is 0 Å². The van der Waals surface area contributed by atoms with Crippen molar-refractivity contribution in [2.45, 2.75) is 13.3 Å². The standard InChI is InChI=1S/C10H12BN/c1-2-12-6-5-8-3-4-9(11)7-10(8)12/h3-4,7H,2,5-6H2,1H3. The summed E-state index contributed by atoms with van der Waals surface area (Å²) < 4.78 is 0. The Bertz CT molecular complexity index is 296. The van der Waals surface area contributed by atoms with E-state index in [2.05, 4.69) is 24.0 Å². The molecule has 2 radical (unpaired) electrons. The van der Waals surface area contributed by atoms with Gasteiger partial charge in [0.1, 0.15) is 7.85 Å². The number of likely N-dealkylation sites (N-methyl/N-ethyl adjacent to an activating group) is 1. The van der Waals surface area contributed by atoms with E-state index in [1.54, 1.807) is 0 Å². The Labute approximate surface area is 74.8 Å². The zero-order chi connectivity index (χ0) is 8.55. The molecule has 0 unspecified atom stereocenters. The number of nitrogens with zero attached hydrogens (tertiary/aromatic N) is 1. The largest absolute Gasteiger partial charge is 0.371 e. The molecule has 12 heavy (non-hydrogen) atoms. The Kier molecular flexibility index (Phi) is 1.83. The molecule has 1 aromatic carbocycles. The van der Waals surface area contributed by atoms with Gasteiger partial charge in [-0.05, 0) is 25.0 Å². The Morgan fingerprint density at radius 3 is 3.08 bits per heavy atom. The van der Waals surface area contributed by atoms with Gasteiger partial charge in [0.25, 0.3) is 0 Å². The average Bonchev–Trinajstić information content (AvgIpc) is 2.46. The Morgan fingerprint density at radius 1 is 1.50 bits per heavy atom. The number of rotatable bonds is 1. The number of hydrogen-bond donors (Lipinski definition) is 0. The third-order valence-corrected chi connectivity index (χ3v) is 2.48. The quantitative estimate of drug-likeness (QED) is 0.546. The normalized spacial score (nSPS) is 14.9. The highest BCUT2D eigenvalue weighted by molar-refractivity contribution is 6.32. The van der Waals surface area contributed by atoms with Crippen molar-refractivity contribution < 1.29 is 0 Å². The van der Waals surface area contributed by atoms with E-state index in [4.69, 9.17) is 7.85 Å². The number of fused-ring (bicyclic) bond motifs is 1. The van der Waals surface area contributed by atoms with Crippen LogP contribution in [0.2, 0.25) is 0 Å². The third kappa shape index (κ3) is 1.11. The summed E-state index contributed by atoms with van der Waals surface area (Å²) in [5, 5.41) is 0. The molecule has 2 rings (SSSR count). The fourth-order valence-corrected chi connectivity index (χ4v) is 1.79. The summed E-state index contributed by atoms with van der Waals surface area (Å²) in [5.74, 6) is 0. The van der Waals surface area contributed by atoms with Crippen molar-refractivity contribution in [3.63, 3.8) is 0 Å². The summed E-state index contributed by atoms with van der Waals surface area (Å²) in [6.07, 6.45) is 1.17. The first-order valence-corrected chi connectivity index (χ1v) is 4.44. The second-order valence-electron chi connectivity index (χ2n) is 3.22. The van der Waals surface area contributed by atoms with E-state index in [9.17, 15) is 0 Å². The number of hydrogen-bond acceptors (Lipinski definition) is 1. The molecule has 0 saturated heterocycles. The van der Waals surface area contributed by atoms with Crippen molar-refractivity contribution in [3.8, 4) is 0 Å². The second-order valence-corrected chi connectivity index (χ2v) is 3.22. The van der Waals surface area contributed by atoms with Crippen molar-refractivity contribution in [2.24, 2.45) is 0 Å². The van der Waals surface area contributed by atoms with E-state index in [1.807, 2.05) is 6.07 Å². The van der Waals surface area contributed by atoms with E-state index in [-0.39, 0.29) is 0 Å². The van der Waals surface area contributed by atoms with Gasteiger partial charge in [-0.25, -0.2) is 0 Å². The molecule has 0 atom stereocenters. The fraction of sp³-hybridized carbons (Fsp3) is 0.400. The molecule has 0 amide bonds. The maximum Gasteiger partial charge on any atom is 0.113 e. The molecule has 1 nitrogen and oxygen atoms in total. The van der Waals surface area contributed by atoms with Gasteiger partial charge in [0.15, 0.2) is 0 Å². The highest BCUT2D eigenvalue weighted by atomic mass is 15.1. The van der Waals surface area contributed by atoms with Crippen molar-refractivity contribution in [3.05, 3.63) is 23.8 Å². The van der Waals surface area contributed by atoms with Gasteiger partial charge in [-0.15, -0.1) is 0 Å². The minimum atomic E-state index is 0.870. The van der Waals surface area contributed by atoms with Crippen molar-refractivity contribution in [1.29, 1.82) is 0 Å². The monoisotopic (exact) mass is 157 g/mol. The average molecular weight is 157 g/mol. The van der Waals surface area contributed by atoms with Crippen LogP contribution in [0.15, 0.2) is 18.2 Å². The topological polar surface area (TPSA) is 3.24 Å². The Morgan fingerprint density at radius 2 is 2.33 bits per heavy atom. The molecule has 60 valence electrons. The maximum atomic E-state index is 5.72. The van der Waals surface area contributed by atoms with Crippen LogP contribution < -0.4 is 10.4 Å². The van der Waals surface area contributed by atoms with E-state index in [1.165, 1.54) is 17.7 Å². The van der Waals surface area contributed by atoms with Gasteiger partial charge >= 0.3 is 0 Å². The number of benzene rings is 1. The van der Waals surface area contributed by atoms with E-state index in [0.717, 1.165) is 18.6 Å². The van der Waals surface area contributed by atoms with Gasteiger partial charge in [0.05, 0.1) is 0 Å². The minimum absolute atomic E-state index is 0.870.